The van der Waals surface area contributed by atoms with Crippen molar-refractivity contribution in [3.63, 3.8) is 0 Å². The summed E-state index contributed by atoms with van der Waals surface area (Å²) in [7, 11) is 1.27. The summed E-state index contributed by atoms with van der Waals surface area (Å²) < 4.78 is 44.3. The van der Waals surface area contributed by atoms with E-state index in [2.05, 4.69) is 0 Å². The quantitative estimate of drug-likeness (QED) is 0.719. The summed E-state index contributed by atoms with van der Waals surface area (Å²) in [6.07, 6.45) is -4.82. The molecule has 0 aliphatic heterocycles. The molecular formula is C14H18F3NO2S. The van der Waals surface area contributed by atoms with Crippen LogP contribution >= 0.6 is 11.8 Å². The first-order valence-corrected chi connectivity index (χ1v) is 7.02. The van der Waals surface area contributed by atoms with Gasteiger partial charge in [0.1, 0.15) is 5.75 Å². The molecule has 1 aromatic rings. The van der Waals surface area contributed by atoms with Gasteiger partial charge in [-0.15, -0.1) is 13.2 Å². The van der Waals surface area contributed by atoms with Gasteiger partial charge in [0.2, 0.25) is 0 Å². The average Bonchev–Trinajstić information content (AvgIpc) is 2.24. The van der Waals surface area contributed by atoms with E-state index >= 15 is 0 Å². The summed E-state index contributed by atoms with van der Waals surface area (Å²) in [4.78, 5) is 11.9. The monoisotopic (exact) mass is 321 g/mol. The maximum atomic E-state index is 13.3. The fraction of sp³-hybridized carbons (Fsp3) is 0.500. The fourth-order valence-electron chi connectivity index (χ4n) is 1.62. The fourth-order valence-corrected chi connectivity index (χ4v) is 2.44. The SMILES string of the molecule is COc1ccc(C)cc1N(C(=O)SC(C)(C)C)C(F)(F)F. The first-order chi connectivity index (χ1) is 9.45. The number of methoxy groups -OCH3 is 1. The first-order valence-electron chi connectivity index (χ1n) is 6.20. The van der Waals surface area contributed by atoms with Gasteiger partial charge < -0.3 is 4.74 Å². The molecule has 0 aliphatic carbocycles. The van der Waals surface area contributed by atoms with Crippen LogP contribution < -0.4 is 9.64 Å². The molecule has 1 rings (SSSR count). The number of halogens is 3. The van der Waals surface area contributed by atoms with Gasteiger partial charge in [0.15, 0.2) is 0 Å². The minimum atomic E-state index is -4.82. The van der Waals surface area contributed by atoms with E-state index in [-0.39, 0.29) is 16.3 Å². The van der Waals surface area contributed by atoms with Crippen LogP contribution in [0.25, 0.3) is 0 Å². The van der Waals surface area contributed by atoms with Gasteiger partial charge in [-0.2, -0.15) is 0 Å². The maximum absolute atomic E-state index is 13.3. The van der Waals surface area contributed by atoms with Crippen LogP contribution in [0, 0.1) is 6.92 Å². The van der Waals surface area contributed by atoms with E-state index in [9.17, 15) is 18.0 Å². The van der Waals surface area contributed by atoms with Crippen molar-refractivity contribution in [2.24, 2.45) is 0 Å². The molecule has 0 atom stereocenters. The number of hydrogen-bond acceptors (Lipinski definition) is 3. The van der Waals surface area contributed by atoms with Crippen LogP contribution in [-0.2, 0) is 0 Å². The minimum Gasteiger partial charge on any atom is -0.495 e. The topological polar surface area (TPSA) is 29.5 Å². The molecule has 0 radical (unpaired) electrons. The molecule has 1 aromatic carbocycles. The molecule has 0 aromatic heterocycles. The van der Waals surface area contributed by atoms with Crippen LogP contribution in [0.4, 0.5) is 23.7 Å². The van der Waals surface area contributed by atoms with Crippen molar-refractivity contribution in [1.29, 1.82) is 0 Å². The van der Waals surface area contributed by atoms with Crippen molar-refractivity contribution in [1.82, 2.24) is 0 Å². The molecule has 118 valence electrons. The summed E-state index contributed by atoms with van der Waals surface area (Å²) in [5.41, 5.74) is 0.306. The van der Waals surface area contributed by atoms with Crippen molar-refractivity contribution in [3.05, 3.63) is 23.8 Å². The zero-order valence-electron chi connectivity index (χ0n) is 12.5. The van der Waals surface area contributed by atoms with Crippen molar-refractivity contribution < 1.29 is 22.7 Å². The van der Waals surface area contributed by atoms with Crippen molar-refractivity contribution >= 4 is 22.7 Å². The van der Waals surface area contributed by atoms with Crippen LogP contribution in [0.5, 0.6) is 5.75 Å². The van der Waals surface area contributed by atoms with Gasteiger partial charge in [0.25, 0.3) is 5.24 Å². The van der Waals surface area contributed by atoms with Crippen LogP contribution in [0.3, 0.4) is 0 Å². The molecule has 0 saturated carbocycles. The van der Waals surface area contributed by atoms with Gasteiger partial charge in [-0.05, 0) is 24.6 Å². The lowest BCUT2D eigenvalue weighted by atomic mass is 10.2. The number of carbonyl (C=O) groups is 1. The van der Waals surface area contributed by atoms with Crippen molar-refractivity contribution in [2.75, 3.05) is 12.0 Å². The lowest BCUT2D eigenvalue weighted by Crippen LogP contribution is -2.42. The summed E-state index contributed by atoms with van der Waals surface area (Å²) in [5.74, 6) is 0.000726. The Kier molecular flexibility index (Phi) is 5.20. The van der Waals surface area contributed by atoms with Crippen LogP contribution in [-0.4, -0.2) is 23.4 Å². The normalized spacial score (nSPS) is 12.2. The number of hydrogen-bond donors (Lipinski definition) is 0. The minimum absolute atomic E-state index is 0.000726. The highest BCUT2D eigenvalue weighted by Crippen LogP contribution is 2.40. The van der Waals surface area contributed by atoms with E-state index in [0.29, 0.717) is 17.3 Å². The average molecular weight is 321 g/mol. The molecule has 0 heterocycles. The molecular weight excluding hydrogens is 303 g/mol. The van der Waals surface area contributed by atoms with Gasteiger partial charge in [-0.1, -0.05) is 38.6 Å². The standard InChI is InChI=1S/C14H18F3NO2S/c1-9-6-7-11(20-5)10(8-9)18(14(15,16)17)12(19)21-13(2,3)4/h6-8H,1-5H3. The molecule has 0 unspecified atom stereocenters. The number of aryl methyl sites for hydroxylation is 1. The Morgan fingerprint density at radius 2 is 1.81 bits per heavy atom. The molecule has 0 fully saturated rings. The van der Waals surface area contributed by atoms with Crippen molar-refractivity contribution in [2.45, 2.75) is 38.7 Å². The summed E-state index contributed by atoms with van der Waals surface area (Å²) in [5, 5.41) is -1.08. The van der Waals surface area contributed by atoms with Gasteiger partial charge >= 0.3 is 6.30 Å². The number of amides is 1. The molecule has 0 N–H and O–H groups in total. The third-order valence-corrected chi connectivity index (χ3v) is 3.37. The third-order valence-electron chi connectivity index (χ3n) is 2.40. The van der Waals surface area contributed by atoms with Crippen LogP contribution in [0.15, 0.2) is 18.2 Å². The Morgan fingerprint density at radius 3 is 2.24 bits per heavy atom. The first kappa shape index (κ1) is 17.7. The summed E-state index contributed by atoms with van der Waals surface area (Å²) in [6, 6.07) is 4.32. The highest BCUT2D eigenvalue weighted by Gasteiger charge is 2.44. The smallest absolute Gasteiger partial charge is 0.492 e. The zero-order chi connectivity index (χ0) is 16.4. The lowest BCUT2D eigenvalue weighted by Gasteiger charge is -2.28. The number of alkyl halides is 3. The number of rotatable bonds is 2. The number of benzene rings is 1. The Bertz CT molecular complexity index is 524. The molecule has 0 spiro atoms. The van der Waals surface area contributed by atoms with E-state index in [1.54, 1.807) is 33.8 Å². The third kappa shape index (κ3) is 4.84. The Labute approximate surface area is 126 Å². The summed E-state index contributed by atoms with van der Waals surface area (Å²) in [6.45, 7) is 6.69. The number of ether oxygens (including phenoxy) is 1. The Hall–Kier alpha value is -1.37. The molecule has 0 aliphatic rings. The molecule has 21 heavy (non-hydrogen) atoms. The Balaban J connectivity index is 3.33. The largest absolute Gasteiger partial charge is 0.495 e. The van der Waals surface area contributed by atoms with Crippen molar-refractivity contribution in [3.8, 4) is 5.75 Å². The maximum Gasteiger partial charge on any atom is 0.492 e. The number of nitrogens with zero attached hydrogens (tertiary/aromatic N) is 1. The van der Waals surface area contributed by atoms with Gasteiger partial charge in [-0.3, -0.25) is 4.79 Å². The van der Waals surface area contributed by atoms with E-state index in [0.717, 1.165) is 0 Å². The predicted molar refractivity (Wildman–Crippen MR) is 79.0 cm³/mol. The Morgan fingerprint density at radius 1 is 1.24 bits per heavy atom. The highest BCUT2D eigenvalue weighted by atomic mass is 32.2. The van der Waals surface area contributed by atoms with E-state index in [1.807, 2.05) is 0 Å². The lowest BCUT2D eigenvalue weighted by molar-refractivity contribution is -0.120. The number of carbonyl (C=O) groups excluding carboxylic acids is 1. The second kappa shape index (κ2) is 6.17. The predicted octanol–water partition coefficient (Wildman–Crippen LogP) is 4.98. The highest BCUT2D eigenvalue weighted by molar-refractivity contribution is 8.15. The van der Waals surface area contributed by atoms with E-state index in [1.165, 1.54) is 19.2 Å². The molecule has 0 saturated heterocycles. The van der Waals surface area contributed by atoms with Gasteiger partial charge in [0.05, 0.1) is 12.8 Å². The zero-order valence-corrected chi connectivity index (χ0v) is 13.4. The van der Waals surface area contributed by atoms with Crippen LogP contribution in [0.1, 0.15) is 26.3 Å². The summed E-state index contributed by atoms with van der Waals surface area (Å²) >= 11 is 0.623. The van der Waals surface area contributed by atoms with E-state index < -0.39 is 16.3 Å². The number of anilines is 1. The molecule has 3 nitrogen and oxygen atoms in total. The second-order valence-corrected chi connectivity index (χ2v) is 7.24. The van der Waals surface area contributed by atoms with E-state index in [4.69, 9.17) is 4.74 Å². The van der Waals surface area contributed by atoms with Gasteiger partial charge in [-0.25, -0.2) is 4.90 Å². The molecule has 0 bridgehead atoms. The molecule has 7 heteroatoms. The second-order valence-electron chi connectivity index (χ2n) is 5.46. The van der Waals surface area contributed by atoms with Gasteiger partial charge in [0, 0.05) is 4.75 Å². The number of thioether (sulfide) groups is 1. The van der Waals surface area contributed by atoms with Crippen LogP contribution in [0.2, 0.25) is 0 Å². The molecule has 1 amide bonds.